The summed E-state index contributed by atoms with van der Waals surface area (Å²) in [6.07, 6.45) is 0.997. The second-order valence-corrected chi connectivity index (χ2v) is 8.23. The molecule has 1 unspecified atom stereocenters. The third kappa shape index (κ3) is 8.04. The standard InChI is InChI=1S/C24H38N6O.HI/c1-5-25-24(26-10-7-11-30-21(4)17-20(3)28-30)27-18-23(29-12-14-31-15-13-29)22-9-6-8-19(2)16-22;/h6,8-9,16-17,23H,5,7,10-15,18H2,1-4H3,(H2,25,26,27);1H. The van der Waals surface area contributed by atoms with Crippen LogP contribution in [0.15, 0.2) is 35.3 Å². The molecule has 1 aliphatic rings. The maximum Gasteiger partial charge on any atom is 0.191 e. The Labute approximate surface area is 210 Å². The van der Waals surface area contributed by atoms with Crippen LogP contribution in [0.25, 0.3) is 0 Å². The molecule has 178 valence electrons. The molecule has 0 amide bonds. The van der Waals surface area contributed by atoms with Crippen molar-refractivity contribution in [3.8, 4) is 0 Å². The van der Waals surface area contributed by atoms with Crippen molar-refractivity contribution in [3.63, 3.8) is 0 Å². The topological polar surface area (TPSA) is 66.7 Å². The lowest BCUT2D eigenvalue weighted by atomic mass is 10.0. The first-order chi connectivity index (χ1) is 15.1. The molecule has 0 bridgehead atoms. The summed E-state index contributed by atoms with van der Waals surface area (Å²) in [5.41, 5.74) is 4.90. The molecule has 1 aromatic heterocycles. The van der Waals surface area contributed by atoms with Crippen LogP contribution in [-0.2, 0) is 11.3 Å². The number of morpholine rings is 1. The van der Waals surface area contributed by atoms with E-state index in [0.29, 0.717) is 0 Å². The van der Waals surface area contributed by atoms with Gasteiger partial charge < -0.3 is 15.4 Å². The number of guanidine groups is 1. The highest BCUT2D eigenvalue weighted by molar-refractivity contribution is 14.0. The van der Waals surface area contributed by atoms with E-state index in [1.807, 2.05) is 6.92 Å². The van der Waals surface area contributed by atoms with E-state index in [0.717, 1.165) is 70.6 Å². The summed E-state index contributed by atoms with van der Waals surface area (Å²) in [6, 6.07) is 11.2. The lowest BCUT2D eigenvalue weighted by Crippen LogP contribution is -2.42. The monoisotopic (exact) mass is 554 g/mol. The SMILES string of the molecule is CCNC(=NCC(c1cccc(C)c1)N1CCOCC1)NCCCn1nc(C)cc1C.I. The first-order valence-electron chi connectivity index (χ1n) is 11.5. The number of nitrogens with one attached hydrogen (secondary N) is 2. The van der Waals surface area contributed by atoms with Crippen LogP contribution >= 0.6 is 24.0 Å². The summed E-state index contributed by atoms with van der Waals surface area (Å²) in [6.45, 7) is 15.2. The number of benzene rings is 1. The first kappa shape index (κ1) is 26.6. The van der Waals surface area contributed by atoms with Crippen molar-refractivity contribution < 1.29 is 4.74 Å². The van der Waals surface area contributed by atoms with E-state index >= 15 is 0 Å². The van der Waals surface area contributed by atoms with E-state index < -0.39 is 0 Å². The Morgan fingerprint density at radius 2 is 1.94 bits per heavy atom. The van der Waals surface area contributed by atoms with Crippen LogP contribution in [0.4, 0.5) is 0 Å². The molecule has 0 aliphatic carbocycles. The average Bonchev–Trinajstić information content (AvgIpc) is 3.09. The van der Waals surface area contributed by atoms with E-state index in [-0.39, 0.29) is 30.0 Å². The highest BCUT2D eigenvalue weighted by Crippen LogP contribution is 2.23. The van der Waals surface area contributed by atoms with Crippen LogP contribution < -0.4 is 10.6 Å². The van der Waals surface area contributed by atoms with Crippen LogP contribution in [-0.4, -0.2) is 66.6 Å². The van der Waals surface area contributed by atoms with Crippen LogP contribution in [0.1, 0.15) is 41.9 Å². The zero-order valence-corrected chi connectivity index (χ0v) is 22.3. The molecule has 0 spiro atoms. The van der Waals surface area contributed by atoms with Gasteiger partial charge in [0.2, 0.25) is 0 Å². The maximum atomic E-state index is 5.58. The van der Waals surface area contributed by atoms with Crippen molar-refractivity contribution in [3.05, 3.63) is 52.8 Å². The Morgan fingerprint density at radius 1 is 1.16 bits per heavy atom. The van der Waals surface area contributed by atoms with Crippen LogP contribution in [0.5, 0.6) is 0 Å². The van der Waals surface area contributed by atoms with E-state index in [4.69, 9.17) is 9.73 Å². The largest absolute Gasteiger partial charge is 0.379 e. The number of ether oxygens (including phenoxy) is 1. The van der Waals surface area contributed by atoms with Gasteiger partial charge in [-0.15, -0.1) is 24.0 Å². The molecule has 1 saturated heterocycles. The molecule has 0 saturated carbocycles. The Kier molecular flexibility index (Phi) is 11.5. The van der Waals surface area contributed by atoms with Gasteiger partial charge in [0.05, 0.1) is 31.5 Å². The fourth-order valence-electron chi connectivity index (χ4n) is 4.05. The molecule has 32 heavy (non-hydrogen) atoms. The molecule has 2 N–H and O–H groups in total. The number of nitrogens with zero attached hydrogens (tertiary/aromatic N) is 4. The van der Waals surface area contributed by atoms with Gasteiger partial charge in [-0.1, -0.05) is 29.8 Å². The molecule has 1 aliphatic heterocycles. The lowest BCUT2D eigenvalue weighted by Gasteiger charge is -2.34. The quantitative estimate of drug-likeness (QED) is 0.215. The Morgan fingerprint density at radius 3 is 2.59 bits per heavy atom. The number of aromatic nitrogens is 2. The van der Waals surface area contributed by atoms with Crippen LogP contribution in [0.2, 0.25) is 0 Å². The Balaban J connectivity index is 0.00000363. The molecule has 2 heterocycles. The second kappa shape index (κ2) is 13.8. The molecular formula is C24H39IN6O. The number of aliphatic imine (C=N–C) groups is 1. The number of hydrogen-bond acceptors (Lipinski definition) is 4. The van der Waals surface area contributed by atoms with Gasteiger partial charge in [-0.2, -0.15) is 5.10 Å². The summed E-state index contributed by atoms with van der Waals surface area (Å²) in [7, 11) is 0. The summed E-state index contributed by atoms with van der Waals surface area (Å²) in [5.74, 6) is 0.877. The van der Waals surface area contributed by atoms with Crippen LogP contribution in [0.3, 0.4) is 0 Å². The third-order valence-corrected chi connectivity index (χ3v) is 5.62. The van der Waals surface area contributed by atoms with E-state index in [2.05, 4.69) is 76.4 Å². The summed E-state index contributed by atoms with van der Waals surface area (Å²) in [4.78, 5) is 7.44. The maximum absolute atomic E-state index is 5.58. The summed E-state index contributed by atoms with van der Waals surface area (Å²) >= 11 is 0. The van der Waals surface area contributed by atoms with Gasteiger partial charge in [0.1, 0.15) is 0 Å². The minimum atomic E-state index is 0. The number of hydrogen-bond donors (Lipinski definition) is 2. The smallest absolute Gasteiger partial charge is 0.191 e. The fraction of sp³-hybridized carbons (Fsp3) is 0.583. The first-order valence-corrected chi connectivity index (χ1v) is 11.5. The van der Waals surface area contributed by atoms with Gasteiger partial charge in [0, 0.05) is 38.4 Å². The third-order valence-electron chi connectivity index (χ3n) is 5.62. The lowest BCUT2D eigenvalue weighted by molar-refractivity contribution is 0.0179. The van der Waals surface area contributed by atoms with E-state index in [1.54, 1.807) is 0 Å². The fourth-order valence-corrected chi connectivity index (χ4v) is 4.05. The number of halogens is 1. The zero-order valence-electron chi connectivity index (χ0n) is 19.9. The molecule has 0 radical (unpaired) electrons. The van der Waals surface area contributed by atoms with Crippen molar-refractivity contribution in [2.45, 2.75) is 46.7 Å². The van der Waals surface area contributed by atoms with Gasteiger partial charge in [-0.25, -0.2) is 0 Å². The highest BCUT2D eigenvalue weighted by atomic mass is 127. The van der Waals surface area contributed by atoms with E-state index in [9.17, 15) is 0 Å². The van der Waals surface area contributed by atoms with Gasteiger partial charge >= 0.3 is 0 Å². The molecule has 7 nitrogen and oxygen atoms in total. The molecule has 8 heteroatoms. The van der Waals surface area contributed by atoms with Crippen LogP contribution in [0, 0.1) is 20.8 Å². The van der Waals surface area contributed by atoms with Crippen molar-refractivity contribution >= 4 is 29.9 Å². The minimum absolute atomic E-state index is 0. The van der Waals surface area contributed by atoms with Gasteiger partial charge in [0.15, 0.2) is 5.96 Å². The van der Waals surface area contributed by atoms with Gasteiger partial charge in [-0.3, -0.25) is 14.6 Å². The Hall–Kier alpha value is -1.65. The normalized spacial score (nSPS) is 15.8. The summed E-state index contributed by atoms with van der Waals surface area (Å²) < 4.78 is 7.65. The van der Waals surface area contributed by atoms with Crippen molar-refractivity contribution in [1.29, 1.82) is 0 Å². The molecule has 3 rings (SSSR count). The zero-order chi connectivity index (χ0) is 22.1. The van der Waals surface area contributed by atoms with Gasteiger partial charge in [-0.05, 0) is 45.7 Å². The number of aryl methyl sites for hydroxylation is 4. The Bertz CT molecular complexity index is 847. The highest BCUT2D eigenvalue weighted by Gasteiger charge is 2.22. The molecule has 1 fully saturated rings. The van der Waals surface area contributed by atoms with Gasteiger partial charge in [0.25, 0.3) is 0 Å². The molecule has 1 aromatic carbocycles. The van der Waals surface area contributed by atoms with Crippen molar-refractivity contribution in [2.75, 3.05) is 45.9 Å². The molecule has 1 atom stereocenters. The molecule has 2 aromatic rings. The van der Waals surface area contributed by atoms with E-state index in [1.165, 1.54) is 16.8 Å². The second-order valence-electron chi connectivity index (χ2n) is 8.23. The predicted molar refractivity (Wildman–Crippen MR) is 142 cm³/mol. The summed E-state index contributed by atoms with van der Waals surface area (Å²) in [5, 5.41) is 11.4. The number of rotatable bonds is 9. The van der Waals surface area contributed by atoms with Crippen molar-refractivity contribution in [2.24, 2.45) is 4.99 Å². The molecular weight excluding hydrogens is 515 g/mol. The average molecular weight is 555 g/mol. The predicted octanol–water partition coefficient (Wildman–Crippen LogP) is 3.45. The minimum Gasteiger partial charge on any atom is -0.379 e. The van der Waals surface area contributed by atoms with Crippen molar-refractivity contribution in [1.82, 2.24) is 25.3 Å².